The van der Waals surface area contributed by atoms with Crippen molar-refractivity contribution < 1.29 is 9.90 Å². The van der Waals surface area contributed by atoms with Gasteiger partial charge in [-0.1, -0.05) is 0 Å². The number of ketones is 1. The Balaban J connectivity index is 1.92. The van der Waals surface area contributed by atoms with Crippen LogP contribution in [0, 0.1) is 6.92 Å². The van der Waals surface area contributed by atoms with Crippen LogP contribution in [0.15, 0.2) is 18.3 Å². The van der Waals surface area contributed by atoms with Crippen molar-refractivity contribution in [1.29, 1.82) is 0 Å². The summed E-state index contributed by atoms with van der Waals surface area (Å²) in [7, 11) is 0. The predicted molar refractivity (Wildman–Crippen MR) is 102 cm³/mol. The number of benzene rings is 1. The summed E-state index contributed by atoms with van der Waals surface area (Å²) in [6.45, 7) is 1.44. The highest BCUT2D eigenvalue weighted by atomic mass is 16.3. The molecule has 0 unspecified atom stereocenters. The SMILES string of the molecule is Cc1[nH]ncc1-c1nc2ccc3[nH]nc(C(=O)CO)c3c2c2c1CCCC2. The number of aryl methyl sites for hydroxylation is 2. The summed E-state index contributed by atoms with van der Waals surface area (Å²) in [6, 6.07) is 3.86. The third kappa shape index (κ3) is 2.31. The van der Waals surface area contributed by atoms with E-state index < -0.39 is 6.61 Å². The Labute approximate surface area is 154 Å². The molecule has 1 aliphatic carbocycles. The monoisotopic (exact) mass is 361 g/mol. The summed E-state index contributed by atoms with van der Waals surface area (Å²) in [5.41, 5.74) is 7.38. The second-order valence-electron chi connectivity index (χ2n) is 7.07. The molecule has 0 saturated heterocycles. The van der Waals surface area contributed by atoms with Crippen LogP contribution in [0.25, 0.3) is 33.1 Å². The minimum atomic E-state index is -0.557. The lowest BCUT2D eigenvalue weighted by Crippen LogP contribution is -2.09. The number of aliphatic hydroxyl groups is 1. The Kier molecular flexibility index (Phi) is 3.58. The molecule has 0 spiro atoms. The van der Waals surface area contributed by atoms with Crippen molar-refractivity contribution in [1.82, 2.24) is 25.4 Å². The highest BCUT2D eigenvalue weighted by molar-refractivity contribution is 6.17. The lowest BCUT2D eigenvalue weighted by molar-refractivity contribution is 0.0900. The summed E-state index contributed by atoms with van der Waals surface area (Å²) in [5.74, 6) is -0.381. The molecule has 0 bridgehead atoms. The zero-order valence-electron chi connectivity index (χ0n) is 15.0. The molecule has 1 aromatic carbocycles. The maximum Gasteiger partial charge on any atom is 0.208 e. The molecule has 27 heavy (non-hydrogen) atoms. The van der Waals surface area contributed by atoms with E-state index in [9.17, 15) is 9.90 Å². The first-order valence-corrected chi connectivity index (χ1v) is 9.16. The Bertz CT molecular complexity index is 1200. The number of hydrogen-bond donors (Lipinski definition) is 3. The molecule has 0 saturated carbocycles. The molecule has 136 valence electrons. The predicted octanol–water partition coefficient (Wildman–Crippen LogP) is 2.86. The first kappa shape index (κ1) is 16.1. The van der Waals surface area contributed by atoms with E-state index in [2.05, 4.69) is 20.4 Å². The number of nitrogens with one attached hydrogen (secondary N) is 2. The molecule has 0 amide bonds. The number of aliphatic hydroxyl groups excluding tert-OH is 1. The van der Waals surface area contributed by atoms with Crippen molar-refractivity contribution in [2.45, 2.75) is 32.6 Å². The van der Waals surface area contributed by atoms with Gasteiger partial charge in [0.25, 0.3) is 0 Å². The maximum absolute atomic E-state index is 12.2. The fourth-order valence-corrected chi connectivity index (χ4v) is 4.22. The van der Waals surface area contributed by atoms with E-state index in [4.69, 9.17) is 4.98 Å². The fourth-order valence-electron chi connectivity index (χ4n) is 4.22. The van der Waals surface area contributed by atoms with E-state index in [1.165, 1.54) is 11.1 Å². The summed E-state index contributed by atoms with van der Waals surface area (Å²) in [6.07, 6.45) is 5.95. The Morgan fingerprint density at radius 1 is 1.15 bits per heavy atom. The molecule has 3 aromatic heterocycles. The number of rotatable bonds is 3. The van der Waals surface area contributed by atoms with Gasteiger partial charge in [-0.2, -0.15) is 10.2 Å². The highest BCUT2D eigenvalue weighted by Crippen LogP contribution is 2.39. The quantitative estimate of drug-likeness (QED) is 0.486. The van der Waals surface area contributed by atoms with Crippen LogP contribution in [0.5, 0.6) is 0 Å². The van der Waals surface area contributed by atoms with Gasteiger partial charge in [-0.25, -0.2) is 4.98 Å². The van der Waals surface area contributed by atoms with Crippen molar-refractivity contribution in [2.24, 2.45) is 0 Å². The highest BCUT2D eigenvalue weighted by Gasteiger charge is 2.24. The molecule has 0 atom stereocenters. The summed E-state index contributed by atoms with van der Waals surface area (Å²) >= 11 is 0. The topological polar surface area (TPSA) is 108 Å². The molecule has 0 radical (unpaired) electrons. The summed E-state index contributed by atoms with van der Waals surface area (Å²) in [5, 5.41) is 25.4. The van der Waals surface area contributed by atoms with Gasteiger partial charge in [0, 0.05) is 22.0 Å². The van der Waals surface area contributed by atoms with Gasteiger partial charge in [0.1, 0.15) is 12.3 Å². The molecular weight excluding hydrogens is 342 g/mol. The molecule has 1 aliphatic rings. The van der Waals surface area contributed by atoms with Crippen molar-refractivity contribution in [3.05, 3.63) is 40.8 Å². The van der Waals surface area contributed by atoms with Gasteiger partial charge in [-0.05, 0) is 55.9 Å². The van der Waals surface area contributed by atoms with Crippen LogP contribution in [-0.4, -0.2) is 42.9 Å². The van der Waals surface area contributed by atoms with Crippen LogP contribution in [0.2, 0.25) is 0 Å². The third-order valence-electron chi connectivity index (χ3n) is 5.49. The Hall–Kier alpha value is -3.06. The smallest absolute Gasteiger partial charge is 0.208 e. The third-order valence-corrected chi connectivity index (χ3v) is 5.49. The molecular formula is C20H19N5O2. The maximum atomic E-state index is 12.2. The number of pyridine rings is 1. The van der Waals surface area contributed by atoms with Gasteiger partial charge < -0.3 is 5.11 Å². The average Bonchev–Trinajstić information content (AvgIpc) is 3.32. The molecule has 7 nitrogen and oxygen atoms in total. The van der Waals surface area contributed by atoms with Crippen LogP contribution in [0.3, 0.4) is 0 Å². The second-order valence-corrected chi connectivity index (χ2v) is 7.07. The molecule has 5 rings (SSSR count). The van der Waals surface area contributed by atoms with E-state index in [0.29, 0.717) is 5.69 Å². The molecule has 0 fully saturated rings. The zero-order chi connectivity index (χ0) is 18.5. The number of aromatic amines is 2. The molecule has 7 heteroatoms. The van der Waals surface area contributed by atoms with E-state index in [0.717, 1.165) is 64.4 Å². The van der Waals surface area contributed by atoms with Gasteiger partial charge in [0.2, 0.25) is 5.78 Å². The summed E-state index contributed by atoms with van der Waals surface area (Å²) < 4.78 is 0. The minimum Gasteiger partial charge on any atom is -0.388 e. The van der Waals surface area contributed by atoms with Gasteiger partial charge in [0.15, 0.2) is 0 Å². The number of carbonyl (C=O) groups is 1. The van der Waals surface area contributed by atoms with E-state index >= 15 is 0 Å². The lowest BCUT2D eigenvalue weighted by Gasteiger charge is -2.21. The number of hydrogen-bond acceptors (Lipinski definition) is 5. The van der Waals surface area contributed by atoms with Crippen LogP contribution in [0.4, 0.5) is 0 Å². The minimum absolute atomic E-state index is 0.292. The van der Waals surface area contributed by atoms with Gasteiger partial charge in [-0.15, -0.1) is 0 Å². The van der Waals surface area contributed by atoms with Gasteiger partial charge in [0.05, 0.1) is 22.9 Å². The van der Waals surface area contributed by atoms with Gasteiger partial charge >= 0.3 is 0 Å². The Morgan fingerprint density at radius 2 is 1.96 bits per heavy atom. The first-order valence-electron chi connectivity index (χ1n) is 9.16. The van der Waals surface area contributed by atoms with Gasteiger partial charge in [-0.3, -0.25) is 15.0 Å². The van der Waals surface area contributed by atoms with E-state index in [-0.39, 0.29) is 5.78 Å². The van der Waals surface area contributed by atoms with Crippen molar-refractivity contribution in [2.75, 3.05) is 6.61 Å². The van der Waals surface area contributed by atoms with Crippen molar-refractivity contribution >= 4 is 27.6 Å². The number of Topliss-reactive ketones (excluding diaryl/α,β-unsaturated/α-hetero) is 1. The van der Waals surface area contributed by atoms with Crippen LogP contribution in [-0.2, 0) is 12.8 Å². The van der Waals surface area contributed by atoms with Crippen LogP contribution in [0.1, 0.15) is 40.2 Å². The molecule has 4 aromatic rings. The Morgan fingerprint density at radius 3 is 2.70 bits per heavy atom. The normalized spacial score (nSPS) is 14.0. The van der Waals surface area contributed by atoms with E-state index in [1.54, 1.807) is 0 Å². The van der Waals surface area contributed by atoms with Crippen LogP contribution < -0.4 is 0 Å². The second kappa shape index (κ2) is 5.99. The molecule has 3 heterocycles. The largest absolute Gasteiger partial charge is 0.388 e. The van der Waals surface area contributed by atoms with E-state index in [1.807, 2.05) is 25.3 Å². The standard InChI is InChI=1S/C20H19N5O2/c1-10-13(8-21-23-10)19-12-5-3-2-4-11(12)17-14(22-19)6-7-15-18(17)20(25-24-15)16(27)9-26/h6-8,26H,2-5,9H2,1H3,(H,21,23)(H,24,25). The first-order chi connectivity index (χ1) is 13.2. The number of nitrogens with zero attached hydrogens (tertiary/aromatic N) is 3. The number of aromatic nitrogens is 5. The molecule has 3 N–H and O–H groups in total. The fraction of sp³-hybridized carbons (Fsp3) is 0.300. The molecule has 0 aliphatic heterocycles. The average molecular weight is 361 g/mol. The van der Waals surface area contributed by atoms with Crippen molar-refractivity contribution in [3.8, 4) is 11.3 Å². The van der Waals surface area contributed by atoms with Crippen LogP contribution >= 0.6 is 0 Å². The number of carbonyl (C=O) groups excluding carboxylic acids is 1. The number of fused-ring (bicyclic) bond motifs is 5. The zero-order valence-corrected chi connectivity index (χ0v) is 15.0. The lowest BCUT2D eigenvalue weighted by atomic mass is 9.85. The number of H-pyrrole nitrogens is 2. The summed E-state index contributed by atoms with van der Waals surface area (Å²) in [4.78, 5) is 17.2. The van der Waals surface area contributed by atoms with Crippen molar-refractivity contribution in [3.63, 3.8) is 0 Å².